The summed E-state index contributed by atoms with van der Waals surface area (Å²) in [5.74, 6) is -0.782. The van der Waals surface area contributed by atoms with Crippen LogP contribution in [0.4, 0.5) is 0 Å². The summed E-state index contributed by atoms with van der Waals surface area (Å²) in [6.07, 6.45) is 20.4. The molecule has 8 aliphatic rings. The lowest BCUT2D eigenvalue weighted by Gasteiger charge is -2.70. The van der Waals surface area contributed by atoms with Gasteiger partial charge < -0.3 is 59.6 Å². The number of aliphatic hydroxyl groups excluding tert-OH is 4. The molecule has 8 atom stereocenters. The monoisotopic (exact) mass is 1710 g/mol. The molecule has 20 rings (SSSR count). The zero-order valence-corrected chi connectivity index (χ0v) is 70.2. The number of benzene rings is 4. The molecule has 12 aromatic rings. The predicted molar refractivity (Wildman–Crippen MR) is 471 cm³/mol. The van der Waals surface area contributed by atoms with Crippen LogP contribution >= 0.6 is 0 Å². The maximum atomic E-state index is 13.4. The van der Waals surface area contributed by atoms with Crippen LogP contribution in [0, 0.1) is 0 Å². The summed E-state index contributed by atoms with van der Waals surface area (Å²) >= 11 is 0. The molecule has 648 valence electrons. The van der Waals surface area contributed by atoms with Gasteiger partial charge >= 0.3 is 0 Å². The van der Waals surface area contributed by atoms with Crippen LogP contribution in [0.3, 0.4) is 0 Å². The molecule has 8 aromatic heterocycles. The van der Waals surface area contributed by atoms with Crippen molar-refractivity contribution in [2.24, 2.45) is 0 Å². The van der Waals surface area contributed by atoms with Crippen molar-refractivity contribution in [3.63, 3.8) is 0 Å². The van der Waals surface area contributed by atoms with E-state index in [1.165, 1.54) is 0 Å². The second-order valence-electron chi connectivity index (χ2n) is 33.6. The van der Waals surface area contributed by atoms with Crippen molar-refractivity contribution < 1.29 is 58.8 Å². The molecule has 4 spiro atoms. The fourth-order valence-electron chi connectivity index (χ4n) is 20.7. The fourth-order valence-corrected chi connectivity index (χ4v) is 20.7. The molecule has 8 fully saturated rings. The Labute approximate surface area is 739 Å². The lowest BCUT2D eigenvalue weighted by molar-refractivity contribution is -0.178. The first-order valence-corrected chi connectivity index (χ1v) is 42.8. The van der Waals surface area contributed by atoms with Crippen LogP contribution in [-0.2, 0) is 44.9 Å². The van der Waals surface area contributed by atoms with Crippen LogP contribution < -0.4 is 0 Å². The minimum atomic E-state index is -0.533. The normalized spacial score (nSPS) is 21.0. The molecule has 8 aliphatic heterocycles. The number of carbonyl (C=O) groups excluding carboxylic acids is 8. The Morgan fingerprint density at radius 1 is 0.242 bits per heavy atom. The molecule has 0 bridgehead atoms. The zero-order valence-electron chi connectivity index (χ0n) is 70.2. The topological polar surface area (TPSA) is 347 Å². The molecule has 0 aliphatic carbocycles. The maximum Gasteiger partial charge on any atom is 0.254 e. The highest BCUT2D eigenvalue weighted by molar-refractivity contribution is 5.99. The number of aliphatic hydroxyl groups is 4. The van der Waals surface area contributed by atoms with Crippen molar-refractivity contribution in [3.8, 4) is 0 Å². The van der Waals surface area contributed by atoms with E-state index in [-0.39, 0.29) is 147 Å². The van der Waals surface area contributed by atoms with E-state index in [1.807, 2.05) is 194 Å². The van der Waals surface area contributed by atoms with Gasteiger partial charge in [0.05, 0.1) is 98.4 Å². The van der Waals surface area contributed by atoms with Crippen LogP contribution in [-0.4, -0.2) is 272 Å². The quantitative estimate of drug-likeness (QED) is 0.0570. The van der Waals surface area contributed by atoms with Gasteiger partial charge in [0.15, 0.2) is 0 Å². The van der Waals surface area contributed by atoms with E-state index in [4.69, 9.17) is 0 Å². The standard InChI is InChI=1S/4C25H24N4O3/c4*30-15-21-23(18-6-2-1-3-7-18)25(29(21)24(32)19-9-12-26-13-10-19)16-28(17-25)22(31)14-20-8-4-5-11-27-20/h4*1-13,21,23,30H,14-17H2/t2*21-,23+;2*21-,23-/m1010/s1. The molecule has 0 saturated carbocycles. The Morgan fingerprint density at radius 2 is 0.422 bits per heavy atom. The first kappa shape index (κ1) is 85.8. The molecule has 16 heterocycles. The van der Waals surface area contributed by atoms with Gasteiger partial charge in [-0.1, -0.05) is 146 Å². The van der Waals surface area contributed by atoms with Crippen molar-refractivity contribution in [2.75, 3.05) is 78.8 Å². The van der Waals surface area contributed by atoms with Gasteiger partial charge in [-0.25, -0.2) is 0 Å². The predicted octanol–water partition coefficient (Wildman–Crippen LogP) is 7.60. The van der Waals surface area contributed by atoms with Crippen LogP contribution in [0.5, 0.6) is 0 Å². The van der Waals surface area contributed by atoms with Crippen molar-refractivity contribution in [3.05, 3.63) is 384 Å². The molecule has 28 nitrogen and oxygen atoms in total. The number of hydrogen-bond acceptors (Lipinski definition) is 20. The van der Waals surface area contributed by atoms with Crippen LogP contribution in [0.15, 0.2) is 317 Å². The molecule has 0 radical (unpaired) electrons. The second-order valence-corrected chi connectivity index (χ2v) is 33.6. The summed E-state index contributed by atoms with van der Waals surface area (Å²) in [7, 11) is 0. The number of hydrogen-bond donors (Lipinski definition) is 4. The van der Waals surface area contributed by atoms with Crippen molar-refractivity contribution in [1.29, 1.82) is 0 Å². The average Bonchev–Trinajstić information content (AvgIpc) is 0.694. The SMILES string of the molecule is O=C(Cc1ccccn1)N1CC2(C1)[C@@H](c1ccccc1)[C@@H](CO)N2C(=O)c1ccncc1.O=C(Cc1ccccn1)N1CC2(C1)[C@@H](c1ccccc1)[C@H](CO)N2C(=O)c1ccncc1.O=C(Cc1ccccn1)N1CC2(C1)[C@H](c1ccccc1)[C@@H](CO)N2C(=O)c1ccncc1.O=C(Cc1ccccn1)N1CC2(C1)[C@H](c1ccccc1)[C@H](CO)N2C(=O)c1ccncc1. The van der Waals surface area contributed by atoms with Gasteiger partial charge in [-0.15, -0.1) is 0 Å². The van der Waals surface area contributed by atoms with Crippen molar-refractivity contribution >= 4 is 47.3 Å². The Hall–Kier alpha value is -14.3. The number of pyridine rings is 8. The molecule has 8 saturated heterocycles. The summed E-state index contributed by atoms with van der Waals surface area (Å²) in [6, 6.07) is 74.0. The second kappa shape index (κ2) is 37.5. The summed E-state index contributed by atoms with van der Waals surface area (Å²) in [5, 5.41) is 40.8. The molecular formula is C100H96N16O12. The smallest absolute Gasteiger partial charge is 0.254 e. The Balaban J connectivity index is 0.000000120. The highest BCUT2D eigenvalue weighted by atomic mass is 16.3. The minimum absolute atomic E-state index is 0.00936. The van der Waals surface area contributed by atoms with Gasteiger partial charge in [-0.3, -0.25) is 78.2 Å². The van der Waals surface area contributed by atoms with E-state index in [9.17, 15) is 58.8 Å². The van der Waals surface area contributed by atoms with E-state index in [2.05, 4.69) is 39.9 Å². The van der Waals surface area contributed by atoms with E-state index >= 15 is 0 Å². The number of likely N-dealkylation sites (tertiary alicyclic amines) is 8. The van der Waals surface area contributed by atoms with Gasteiger partial charge in [-0.2, -0.15) is 0 Å². The summed E-state index contributed by atoms with van der Waals surface area (Å²) in [4.78, 5) is 152. The first-order valence-electron chi connectivity index (χ1n) is 42.8. The van der Waals surface area contributed by atoms with Gasteiger partial charge in [0.25, 0.3) is 23.6 Å². The highest BCUT2D eigenvalue weighted by Gasteiger charge is 2.72. The van der Waals surface area contributed by atoms with E-state index in [1.54, 1.807) is 162 Å². The Morgan fingerprint density at radius 3 is 0.586 bits per heavy atom. The first-order chi connectivity index (χ1) is 62.5. The lowest BCUT2D eigenvalue weighted by atomic mass is 9.60. The third-order valence-corrected chi connectivity index (χ3v) is 26.4. The van der Waals surface area contributed by atoms with Crippen molar-refractivity contribution in [1.82, 2.24) is 79.1 Å². The summed E-state index contributed by atoms with van der Waals surface area (Å²) < 4.78 is 0. The van der Waals surface area contributed by atoms with E-state index in [0.29, 0.717) is 74.6 Å². The van der Waals surface area contributed by atoms with Crippen molar-refractivity contribution in [2.45, 2.75) is 95.7 Å². The Kier molecular flexibility index (Phi) is 25.1. The fraction of sp³-hybridized carbons (Fsp3) is 0.280. The zero-order chi connectivity index (χ0) is 88.5. The molecule has 4 N–H and O–H groups in total. The number of amides is 8. The third kappa shape index (κ3) is 16.3. The maximum absolute atomic E-state index is 13.4. The van der Waals surface area contributed by atoms with Crippen LogP contribution in [0.2, 0.25) is 0 Å². The number of nitrogens with zero attached hydrogens (tertiary/aromatic N) is 16. The van der Waals surface area contributed by atoms with Crippen LogP contribution in [0.1, 0.15) is 110 Å². The highest BCUT2D eigenvalue weighted by Crippen LogP contribution is 2.59. The number of carbonyl (C=O) groups is 8. The van der Waals surface area contributed by atoms with Gasteiger partial charge in [0, 0.05) is 195 Å². The summed E-state index contributed by atoms with van der Waals surface area (Å²) in [5.41, 5.74) is 7.18. The Bertz CT molecular complexity index is 5130. The molecule has 28 heteroatoms. The molecule has 4 aromatic carbocycles. The summed E-state index contributed by atoms with van der Waals surface area (Å²) in [6.45, 7) is 2.93. The van der Waals surface area contributed by atoms with E-state index in [0.717, 1.165) is 45.0 Å². The molecular weight excluding hydrogens is 1620 g/mol. The van der Waals surface area contributed by atoms with Crippen LogP contribution in [0.25, 0.3) is 0 Å². The van der Waals surface area contributed by atoms with E-state index < -0.39 is 22.2 Å². The van der Waals surface area contributed by atoms with Gasteiger partial charge in [0.2, 0.25) is 23.6 Å². The lowest BCUT2D eigenvalue weighted by Crippen LogP contribution is -2.86. The minimum Gasteiger partial charge on any atom is -0.394 e. The molecule has 0 unspecified atom stereocenters. The largest absolute Gasteiger partial charge is 0.394 e. The average molecular weight is 1710 g/mol. The van der Waals surface area contributed by atoms with Gasteiger partial charge in [-0.05, 0) is 119 Å². The number of aromatic nitrogens is 8. The van der Waals surface area contributed by atoms with Gasteiger partial charge in [0.1, 0.15) is 0 Å². The molecule has 128 heavy (non-hydrogen) atoms. The third-order valence-electron chi connectivity index (χ3n) is 26.4. The number of rotatable bonds is 20. The molecule has 8 amide bonds.